The Bertz CT molecular complexity index is 1130. The van der Waals surface area contributed by atoms with Crippen molar-refractivity contribution < 1.29 is 14.3 Å². The fraction of sp³-hybridized carbons (Fsp3) is 0.577. The zero-order valence-corrected chi connectivity index (χ0v) is 20.9. The van der Waals surface area contributed by atoms with Crippen molar-refractivity contribution in [2.24, 2.45) is 11.8 Å². The monoisotopic (exact) mass is 496 g/mol. The maximum atomic E-state index is 13.1. The molecule has 2 fully saturated rings. The third kappa shape index (κ3) is 6.03. The third-order valence-corrected chi connectivity index (χ3v) is 7.14. The minimum absolute atomic E-state index is 0.00514. The normalized spacial score (nSPS) is 20.6. The van der Waals surface area contributed by atoms with E-state index in [9.17, 15) is 14.4 Å². The molecule has 1 aliphatic carbocycles. The number of ether oxygens (including phenoxy) is 1. The Morgan fingerprint density at radius 3 is 2.64 bits per heavy atom. The number of pyridine rings is 1. The Kier molecular flexibility index (Phi) is 8.56. The van der Waals surface area contributed by atoms with E-state index in [1.807, 2.05) is 24.0 Å². The van der Waals surface area contributed by atoms with Crippen molar-refractivity contribution in [3.05, 3.63) is 41.3 Å². The molecule has 194 valence electrons. The Hall–Kier alpha value is -3.43. The van der Waals surface area contributed by atoms with Crippen LogP contribution in [0.2, 0.25) is 0 Å². The number of anilines is 1. The number of hydrogen-bond acceptors (Lipinski definition) is 7. The van der Waals surface area contributed by atoms with Gasteiger partial charge in [0.25, 0.3) is 5.56 Å². The van der Waals surface area contributed by atoms with Crippen LogP contribution in [0.3, 0.4) is 0 Å². The van der Waals surface area contributed by atoms with Crippen LogP contribution in [0.5, 0.6) is 0 Å². The van der Waals surface area contributed by atoms with E-state index in [0.29, 0.717) is 55.7 Å². The lowest BCUT2D eigenvalue weighted by atomic mass is 9.82. The molecule has 0 bridgehead atoms. The van der Waals surface area contributed by atoms with Crippen molar-refractivity contribution in [1.82, 2.24) is 25.2 Å². The first-order valence-corrected chi connectivity index (χ1v) is 12.9. The molecule has 2 amide bonds. The van der Waals surface area contributed by atoms with Gasteiger partial charge in [0.2, 0.25) is 0 Å². The molecule has 2 aromatic heterocycles. The zero-order chi connectivity index (χ0) is 25.5. The predicted octanol–water partition coefficient (Wildman–Crippen LogP) is 2.62. The van der Waals surface area contributed by atoms with Gasteiger partial charge in [-0.1, -0.05) is 6.08 Å². The summed E-state index contributed by atoms with van der Waals surface area (Å²) in [6, 6.07) is 3.54. The highest BCUT2D eigenvalue weighted by molar-refractivity contribution is 5.74. The maximum absolute atomic E-state index is 13.1. The molecule has 2 aliphatic rings. The van der Waals surface area contributed by atoms with Gasteiger partial charge in [0.1, 0.15) is 5.52 Å². The van der Waals surface area contributed by atoms with Crippen LogP contribution in [0, 0.1) is 11.8 Å². The van der Waals surface area contributed by atoms with Gasteiger partial charge in [-0.2, -0.15) is 0 Å². The van der Waals surface area contributed by atoms with E-state index in [4.69, 9.17) is 4.74 Å². The molecule has 0 spiro atoms. The summed E-state index contributed by atoms with van der Waals surface area (Å²) in [4.78, 5) is 48.4. The number of nitrogens with zero attached hydrogens (tertiary/aromatic N) is 4. The molecular formula is C26H36N6O4. The molecule has 2 aromatic rings. The van der Waals surface area contributed by atoms with Gasteiger partial charge in [0.15, 0.2) is 11.5 Å². The number of amides is 2. The van der Waals surface area contributed by atoms with Crippen LogP contribution in [0.1, 0.15) is 45.4 Å². The first-order chi connectivity index (χ1) is 17.5. The Balaban J connectivity index is 1.25. The van der Waals surface area contributed by atoms with Crippen molar-refractivity contribution in [2.45, 2.75) is 58.0 Å². The second kappa shape index (κ2) is 12.0. The number of allylic oxidation sites excluding steroid dienone is 1. The zero-order valence-electron chi connectivity index (χ0n) is 20.9. The summed E-state index contributed by atoms with van der Waals surface area (Å²) in [7, 11) is 0. The maximum Gasteiger partial charge on any atom is 0.315 e. The number of aromatic nitrogens is 3. The number of esters is 1. The van der Waals surface area contributed by atoms with Crippen molar-refractivity contribution in [1.29, 1.82) is 0 Å². The lowest BCUT2D eigenvalue weighted by molar-refractivity contribution is -0.149. The summed E-state index contributed by atoms with van der Waals surface area (Å²) in [6.07, 6.45) is 8.26. The number of nitrogens with one attached hydrogen (secondary N) is 2. The summed E-state index contributed by atoms with van der Waals surface area (Å²) in [5.74, 6) is 0.700. The predicted molar refractivity (Wildman–Crippen MR) is 138 cm³/mol. The van der Waals surface area contributed by atoms with Crippen molar-refractivity contribution >= 4 is 29.0 Å². The van der Waals surface area contributed by atoms with Crippen molar-refractivity contribution in [2.75, 3.05) is 31.1 Å². The highest BCUT2D eigenvalue weighted by atomic mass is 16.5. The first-order valence-electron chi connectivity index (χ1n) is 12.9. The lowest BCUT2D eigenvalue weighted by Crippen LogP contribution is -2.49. The summed E-state index contributed by atoms with van der Waals surface area (Å²) in [6.45, 7) is 8.24. The highest BCUT2D eigenvalue weighted by Crippen LogP contribution is 2.29. The van der Waals surface area contributed by atoms with E-state index < -0.39 is 0 Å². The van der Waals surface area contributed by atoms with E-state index in [1.165, 1.54) is 0 Å². The largest absolute Gasteiger partial charge is 0.466 e. The molecule has 0 radical (unpaired) electrons. The van der Waals surface area contributed by atoms with Gasteiger partial charge in [0.05, 0.1) is 12.5 Å². The Morgan fingerprint density at radius 1 is 1.19 bits per heavy atom. The van der Waals surface area contributed by atoms with Gasteiger partial charge in [-0.25, -0.2) is 14.8 Å². The van der Waals surface area contributed by atoms with Gasteiger partial charge in [-0.15, -0.1) is 6.58 Å². The SMILES string of the molecule is C=CCn1c(=O)c(N2CCC(NC(=O)NCC3CCC(C(=O)OCC)CC3)CC2)nc2cccnc21. The number of fused-ring (bicyclic) bond motifs is 1. The van der Waals surface area contributed by atoms with Crippen LogP contribution in [-0.4, -0.2) is 58.8 Å². The third-order valence-electron chi connectivity index (χ3n) is 7.14. The molecule has 10 nitrogen and oxygen atoms in total. The molecule has 2 N–H and O–H groups in total. The molecule has 0 unspecified atom stereocenters. The summed E-state index contributed by atoms with van der Waals surface area (Å²) in [5, 5.41) is 6.07. The summed E-state index contributed by atoms with van der Waals surface area (Å²) in [5.41, 5.74) is 1.04. The minimum atomic E-state index is -0.178. The number of rotatable bonds is 8. The van der Waals surface area contributed by atoms with Crippen molar-refractivity contribution in [3.63, 3.8) is 0 Å². The number of piperidine rings is 1. The summed E-state index contributed by atoms with van der Waals surface area (Å²) < 4.78 is 6.73. The molecule has 1 saturated heterocycles. The molecule has 1 saturated carbocycles. The van der Waals surface area contributed by atoms with Gasteiger partial charge in [-0.05, 0) is 63.5 Å². The van der Waals surface area contributed by atoms with Crippen LogP contribution in [0.4, 0.5) is 10.6 Å². The average molecular weight is 497 g/mol. The number of carbonyl (C=O) groups is 2. The molecule has 36 heavy (non-hydrogen) atoms. The molecular weight excluding hydrogens is 460 g/mol. The summed E-state index contributed by atoms with van der Waals surface area (Å²) >= 11 is 0. The van der Waals surface area contributed by atoms with Crippen LogP contribution in [0.15, 0.2) is 35.8 Å². The van der Waals surface area contributed by atoms with Gasteiger partial charge in [-0.3, -0.25) is 14.2 Å². The number of carbonyl (C=O) groups excluding carboxylic acids is 2. The van der Waals surface area contributed by atoms with E-state index in [-0.39, 0.29) is 29.5 Å². The molecule has 1 aliphatic heterocycles. The van der Waals surface area contributed by atoms with Crippen LogP contribution in [0.25, 0.3) is 11.2 Å². The molecule has 0 atom stereocenters. The lowest BCUT2D eigenvalue weighted by Gasteiger charge is -2.33. The topological polar surface area (TPSA) is 118 Å². The smallest absolute Gasteiger partial charge is 0.315 e. The Morgan fingerprint density at radius 2 is 1.94 bits per heavy atom. The molecule has 4 rings (SSSR count). The van der Waals surface area contributed by atoms with Gasteiger partial charge in [0, 0.05) is 38.4 Å². The standard InChI is InChI=1S/C26H36N6O4/c1-3-14-32-22-21(6-5-13-27-22)30-23(24(32)33)31-15-11-20(12-16-31)29-26(35)28-17-18-7-9-19(10-8-18)25(34)36-4-2/h3,5-6,13,18-20H,1,4,7-12,14-17H2,2H3,(H2,28,29,35). The molecule has 10 heteroatoms. The van der Waals surface area contributed by atoms with Crippen LogP contribution in [-0.2, 0) is 16.1 Å². The van der Waals surface area contributed by atoms with E-state index in [2.05, 4.69) is 27.2 Å². The minimum Gasteiger partial charge on any atom is -0.466 e. The van der Waals surface area contributed by atoms with E-state index in [0.717, 1.165) is 38.5 Å². The fourth-order valence-corrected chi connectivity index (χ4v) is 5.14. The van der Waals surface area contributed by atoms with Crippen LogP contribution >= 0.6 is 0 Å². The quantitative estimate of drug-likeness (QED) is 0.426. The van der Waals surface area contributed by atoms with Gasteiger partial charge >= 0.3 is 12.0 Å². The van der Waals surface area contributed by atoms with E-state index in [1.54, 1.807) is 16.8 Å². The average Bonchev–Trinajstić information content (AvgIpc) is 2.90. The second-order valence-corrected chi connectivity index (χ2v) is 9.57. The van der Waals surface area contributed by atoms with Crippen LogP contribution < -0.4 is 21.1 Å². The molecule has 3 heterocycles. The first kappa shape index (κ1) is 25.7. The van der Waals surface area contributed by atoms with Crippen molar-refractivity contribution in [3.8, 4) is 0 Å². The highest BCUT2D eigenvalue weighted by Gasteiger charge is 2.28. The number of urea groups is 1. The molecule has 0 aromatic carbocycles. The second-order valence-electron chi connectivity index (χ2n) is 9.57. The fourth-order valence-electron chi connectivity index (χ4n) is 5.14. The van der Waals surface area contributed by atoms with E-state index >= 15 is 0 Å². The van der Waals surface area contributed by atoms with Gasteiger partial charge < -0.3 is 20.3 Å². The number of hydrogen-bond donors (Lipinski definition) is 2. The Labute approximate surface area is 211 Å².